The fourth-order valence-electron chi connectivity index (χ4n) is 3.02. The molecule has 94 valence electrons. The Morgan fingerprint density at radius 2 is 1.65 bits per heavy atom. The molecule has 1 aromatic carbocycles. The van der Waals surface area contributed by atoms with Gasteiger partial charge in [-0.15, -0.1) is 0 Å². The van der Waals surface area contributed by atoms with Crippen molar-refractivity contribution in [1.29, 1.82) is 0 Å². The van der Waals surface area contributed by atoms with Crippen molar-refractivity contribution < 1.29 is 0 Å². The summed E-state index contributed by atoms with van der Waals surface area (Å²) < 4.78 is 0. The molecule has 0 aromatic heterocycles. The van der Waals surface area contributed by atoms with Gasteiger partial charge in [0.15, 0.2) is 0 Å². The Kier molecular flexibility index (Phi) is 3.34. The number of rotatable bonds is 3. The minimum absolute atomic E-state index is 0.386. The van der Waals surface area contributed by atoms with E-state index in [1.165, 1.54) is 18.4 Å². The Morgan fingerprint density at radius 3 is 2.12 bits per heavy atom. The van der Waals surface area contributed by atoms with Gasteiger partial charge < -0.3 is 0 Å². The van der Waals surface area contributed by atoms with E-state index in [0.29, 0.717) is 11.3 Å². The van der Waals surface area contributed by atoms with Crippen molar-refractivity contribution in [2.24, 2.45) is 11.3 Å². The predicted octanol–water partition coefficient (Wildman–Crippen LogP) is 5.35. The molecule has 1 aliphatic rings. The highest BCUT2D eigenvalue weighted by Gasteiger charge is 2.39. The Morgan fingerprint density at radius 1 is 1.06 bits per heavy atom. The lowest BCUT2D eigenvalue weighted by molar-refractivity contribution is 0.291. The molecular formula is C17H26. The smallest absolute Gasteiger partial charge is 0.00848 e. The van der Waals surface area contributed by atoms with Crippen LogP contribution in [0.15, 0.2) is 24.3 Å². The van der Waals surface area contributed by atoms with Gasteiger partial charge in [0.2, 0.25) is 0 Å². The van der Waals surface area contributed by atoms with Crippen molar-refractivity contribution in [3.05, 3.63) is 35.4 Å². The van der Waals surface area contributed by atoms with E-state index >= 15 is 0 Å². The first kappa shape index (κ1) is 12.7. The Balaban J connectivity index is 2.33. The van der Waals surface area contributed by atoms with Gasteiger partial charge in [0.1, 0.15) is 0 Å². The van der Waals surface area contributed by atoms with E-state index in [2.05, 4.69) is 58.9 Å². The first-order valence-electron chi connectivity index (χ1n) is 6.99. The summed E-state index contributed by atoms with van der Waals surface area (Å²) in [5, 5.41) is 0. The zero-order valence-corrected chi connectivity index (χ0v) is 12.0. The average Bonchev–Trinajstić information content (AvgIpc) is 3.00. The summed E-state index contributed by atoms with van der Waals surface area (Å²) in [6.45, 7) is 11.7. The molecule has 1 saturated carbocycles. The predicted molar refractivity (Wildman–Crippen MR) is 75.5 cm³/mol. The van der Waals surface area contributed by atoms with Gasteiger partial charge in [0.25, 0.3) is 0 Å². The second-order valence-electron chi connectivity index (χ2n) is 7.01. The molecule has 0 heterocycles. The van der Waals surface area contributed by atoms with Crippen LogP contribution in [-0.2, 0) is 0 Å². The van der Waals surface area contributed by atoms with Crippen LogP contribution in [0.25, 0.3) is 0 Å². The monoisotopic (exact) mass is 230 g/mol. The molecule has 0 saturated heterocycles. The van der Waals surface area contributed by atoms with Crippen LogP contribution in [0.3, 0.4) is 0 Å². The van der Waals surface area contributed by atoms with Crippen LogP contribution in [0, 0.1) is 11.3 Å². The topological polar surface area (TPSA) is 0 Å². The zero-order chi connectivity index (χ0) is 12.6. The van der Waals surface area contributed by atoms with Crippen LogP contribution in [-0.4, -0.2) is 0 Å². The second-order valence-corrected chi connectivity index (χ2v) is 7.01. The van der Waals surface area contributed by atoms with E-state index < -0.39 is 0 Å². The van der Waals surface area contributed by atoms with Crippen molar-refractivity contribution in [3.63, 3.8) is 0 Å². The summed E-state index contributed by atoms with van der Waals surface area (Å²) >= 11 is 0. The average molecular weight is 230 g/mol. The van der Waals surface area contributed by atoms with Crippen molar-refractivity contribution >= 4 is 0 Å². The number of benzene rings is 1. The summed E-state index contributed by atoms with van der Waals surface area (Å²) in [5.41, 5.74) is 3.43. The van der Waals surface area contributed by atoms with Gasteiger partial charge in [0, 0.05) is 0 Å². The van der Waals surface area contributed by atoms with Crippen molar-refractivity contribution in [2.45, 2.75) is 59.3 Å². The van der Waals surface area contributed by atoms with Crippen LogP contribution in [0.4, 0.5) is 0 Å². The fraction of sp³-hybridized carbons (Fsp3) is 0.647. The van der Waals surface area contributed by atoms with Gasteiger partial charge in [-0.1, -0.05) is 58.9 Å². The minimum Gasteiger partial charge on any atom is -0.0617 e. The maximum Gasteiger partial charge on any atom is -0.00848 e. The highest BCUT2D eigenvalue weighted by atomic mass is 14.4. The molecule has 1 aliphatic carbocycles. The number of hydrogen-bond donors (Lipinski definition) is 0. The highest BCUT2D eigenvalue weighted by molar-refractivity contribution is 5.30. The molecule has 0 nitrogen and oxygen atoms in total. The molecule has 1 aromatic rings. The Labute approximate surface area is 106 Å². The summed E-state index contributed by atoms with van der Waals surface area (Å²) in [7, 11) is 0. The van der Waals surface area contributed by atoms with Gasteiger partial charge in [-0.3, -0.25) is 0 Å². The van der Waals surface area contributed by atoms with E-state index in [9.17, 15) is 0 Å². The summed E-state index contributed by atoms with van der Waals surface area (Å²) in [6, 6.07) is 9.28. The summed E-state index contributed by atoms with van der Waals surface area (Å²) in [5.74, 6) is 2.30. The highest BCUT2D eigenvalue weighted by Crippen LogP contribution is 2.51. The lowest BCUT2D eigenvalue weighted by Gasteiger charge is -2.32. The maximum atomic E-state index is 2.44. The van der Waals surface area contributed by atoms with Gasteiger partial charge in [-0.25, -0.2) is 0 Å². The molecule has 0 aliphatic heterocycles. The SMILES string of the molecule is CC(C)c1cccc([C@H](C2CC2)C(C)(C)C)c1. The van der Waals surface area contributed by atoms with Gasteiger partial charge in [-0.05, 0) is 47.1 Å². The molecule has 1 atom stereocenters. The second kappa shape index (κ2) is 4.48. The molecular weight excluding hydrogens is 204 g/mol. The normalized spacial score (nSPS) is 18.5. The molecule has 0 unspecified atom stereocenters. The summed E-state index contributed by atoms with van der Waals surface area (Å²) in [6.07, 6.45) is 2.85. The minimum atomic E-state index is 0.386. The third-order valence-electron chi connectivity index (χ3n) is 3.96. The molecule has 0 heteroatoms. The number of hydrogen-bond acceptors (Lipinski definition) is 0. The van der Waals surface area contributed by atoms with Crippen LogP contribution in [0.2, 0.25) is 0 Å². The third-order valence-corrected chi connectivity index (χ3v) is 3.96. The van der Waals surface area contributed by atoms with Gasteiger partial charge in [0.05, 0.1) is 0 Å². The first-order valence-corrected chi connectivity index (χ1v) is 6.99. The van der Waals surface area contributed by atoms with Crippen LogP contribution >= 0.6 is 0 Å². The molecule has 1 fully saturated rings. The first-order chi connectivity index (χ1) is 7.89. The zero-order valence-electron chi connectivity index (χ0n) is 12.0. The van der Waals surface area contributed by atoms with Crippen LogP contribution in [0.5, 0.6) is 0 Å². The van der Waals surface area contributed by atoms with E-state index in [-0.39, 0.29) is 0 Å². The molecule has 2 rings (SSSR count). The lowest BCUT2D eigenvalue weighted by atomic mass is 9.73. The van der Waals surface area contributed by atoms with Crippen molar-refractivity contribution in [3.8, 4) is 0 Å². The molecule has 0 spiro atoms. The standard InChI is InChI=1S/C17H26/c1-12(2)14-7-6-8-15(11-14)16(13-9-10-13)17(3,4)5/h6-8,11-13,16H,9-10H2,1-5H3/t16-/m0/s1. The summed E-state index contributed by atoms with van der Waals surface area (Å²) in [4.78, 5) is 0. The van der Waals surface area contributed by atoms with Crippen LogP contribution < -0.4 is 0 Å². The molecule has 0 amide bonds. The van der Waals surface area contributed by atoms with Crippen molar-refractivity contribution in [2.75, 3.05) is 0 Å². The maximum absolute atomic E-state index is 2.44. The lowest BCUT2D eigenvalue weighted by Crippen LogP contribution is -2.20. The largest absolute Gasteiger partial charge is 0.0617 e. The van der Waals surface area contributed by atoms with E-state index in [1.807, 2.05) is 0 Å². The third kappa shape index (κ3) is 2.91. The Bertz CT molecular complexity index is 377. The Hall–Kier alpha value is -0.780. The fourth-order valence-corrected chi connectivity index (χ4v) is 3.02. The van der Waals surface area contributed by atoms with E-state index in [1.54, 1.807) is 5.56 Å². The van der Waals surface area contributed by atoms with Gasteiger partial charge >= 0.3 is 0 Å². The molecule has 0 N–H and O–H groups in total. The molecule has 0 radical (unpaired) electrons. The van der Waals surface area contributed by atoms with Crippen molar-refractivity contribution in [1.82, 2.24) is 0 Å². The van der Waals surface area contributed by atoms with Crippen LogP contribution in [0.1, 0.15) is 70.4 Å². The van der Waals surface area contributed by atoms with E-state index in [0.717, 1.165) is 11.8 Å². The quantitative estimate of drug-likeness (QED) is 0.656. The van der Waals surface area contributed by atoms with E-state index in [4.69, 9.17) is 0 Å². The molecule has 17 heavy (non-hydrogen) atoms. The van der Waals surface area contributed by atoms with Gasteiger partial charge in [-0.2, -0.15) is 0 Å². The molecule has 0 bridgehead atoms.